The lowest BCUT2D eigenvalue weighted by molar-refractivity contribution is 0.0440. The van der Waals surface area contributed by atoms with Gasteiger partial charge in [-0.1, -0.05) is 22.9 Å². The van der Waals surface area contributed by atoms with E-state index in [1.165, 1.54) is 24.1 Å². The molecule has 0 amide bonds. The van der Waals surface area contributed by atoms with E-state index in [2.05, 4.69) is 46.0 Å². The Morgan fingerprint density at radius 2 is 2.32 bits per heavy atom. The summed E-state index contributed by atoms with van der Waals surface area (Å²) in [6, 6.07) is 6.35. The summed E-state index contributed by atoms with van der Waals surface area (Å²) in [6.45, 7) is 5.09. The topological polar surface area (TPSA) is 12.5 Å². The van der Waals surface area contributed by atoms with Crippen LogP contribution in [-0.4, -0.2) is 25.8 Å². The average molecular weight is 347 g/mol. The van der Waals surface area contributed by atoms with Crippen LogP contribution in [0.4, 0.5) is 5.69 Å². The molecule has 0 aliphatic carbocycles. The molecule has 0 radical (unpaired) electrons. The van der Waals surface area contributed by atoms with Crippen molar-refractivity contribution in [3.63, 3.8) is 0 Å². The van der Waals surface area contributed by atoms with Gasteiger partial charge in [-0.05, 0) is 43.0 Å². The van der Waals surface area contributed by atoms with Crippen LogP contribution in [0.3, 0.4) is 0 Å². The monoisotopic (exact) mass is 345 g/mol. The molecule has 1 aliphatic heterocycles. The molecule has 1 unspecified atom stereocenters. The molecule has 1 atom stereocenters. The molecule has 0 N–H and O–H groups in total. The SMILES string of the molecule is CCCOC1CCCN(c2ccc(Br)cc2CCl)C1. The van der Waals surface area contributed by atoms with Gasteiger partial charge in [0.2, 0.25) is 0 Å². The molecule has 106 valence electrons. The number of alkyl halides is 1. The summed E-state index contributed by atoms with van der Waals surface area (Å²) < 4.78 is 6.98. The largest absolute Gasteiger partial charge is 0.376 e. The molecule has 0 bridgehead atoms. The van der Waals surface area contributed by atoms with E-state index in [0.717, 1.165) is 30.6 Å². The summed E-state index contributed by atoms with van der Waals surface area (Å²) in [6.07, 6.45) is 3.80. The van der Waals surface area contributed by atoms with Gasteiger partial charge in [0.05, 0.1) is 6.10 Å². The van der Waals surface area contributed by atoms with Crippen LogP contribution in [0.25, 0.3) is 0 Å². The zero-order chi connectivity index (χ0) is 13.7. The second-order valence-corrected chi connectivity index (χ2v) is 6.17. The van der Waals surface area contributed by atoms with Crippen molar-refractivity contribution in [2.24, 2.45) is 0 Å². The van der Waals surface area contributed by atoms with Crippen molar-refractivity contribution in [3.8, 4) is 0 Å². The van der Waals surface area contributed by atoms with Gasteiger partial charge in [0.15, 0.2) is 0 Å². The maximum atomic E-state index is 6.06. The molecule has 19 heavy (non-hydrogen) atoms. The predicted molar refractivity (Wildman–Crippen MR) is 85.2 cm³/mol. The summed E-state index contributed by atoms with van der Waals surface area (Å²) in [7, 11) is 0. The van der Waals surface area contributed by atoms with Crippen LogP contribution in [-0.2, 0) is 10.6 Å². The van der Waals surface area contributed by atoms with E-state index < -0.39 is 0 Å². The predicted octanol–water partition coefficient (Wildman–Crippen LogP) is 4.58. The molecule has 1 heterocycles. The maximum Gasteiger partial charge on any atom is 0.0750 e. The molecule has 1 aliphatic rings. The summed E-state index contributed by atoms with van der Waals surface area (Å²) in [5.41, 5.74) is 2.44. The zero-order valence-corrected chi connectivity index (χ0v) is 13.7. The second-order valence-electron chi connectivity index (χ2n) is 4.99. The number of anilines is 1. The Hall–Kier alpha value is -0.250. The maximum absolute atomic E-state index is 6.06. The molecule has 1 aromatic rings. The quantitative estimate of drug-likeness (QED) is 0.723. The normalized spacial score (nSPS) is 19.7. The molecule has 1 fully saturated rings. The van der Waals surface area contributed by atoms with Gasteiger partial charge < -0.3 is 9.64 Å². The van der Waals surface area contributed by atoms with Gasteiger partial charge in [0, 0.05) is 35.7 Å². The number of hydrogen-bond donors (Lipinski definition) is 0. The van der Waals surface area contributed by atoms with Gasteiger partial charge in [-0.25, -0.2) is 0 Å². The van der Waals surface area contributed by atoms with Crippen LogP contribution < -0.4 is 4.90 Å². The van der Waals surface area contributed by atoms with Crippen molar-refractivity contribution in [2.75, 3.05) is 24.6 Å². The molecule has 1 saturated heterocycles. The lowest BCUT2D eigenvalue weighted by Gasteiger charge is -2.35. The number of nitrogens with zero attached hydrogens (tertiary/aromatic N) is 1. The number of benzene rings is 1. The van der Waals surface area contributed by atoms with Gasteiger partial charge in [-0.2, -0.15) is 0 Å². The van der Waals surface area contributed by atoms with Gasteiger partial charge >= 0.3 is 0 Å². The summed E-state index contributed by atoms with van der Waals surface area (Å²) >= 11 is 9.57. The molecule has 4 heteroatoms. The highest BCUT2D eigenvalue weighted by atomic mass is 79.9. The van der Waals surface area contributed by atoms with Crippen molar-refractivity contribution < 1.29 is 4.74 Å². The van der Waals surface area contributed by atoms with Crippen molar-refractivity contribution in [1.82, 2.24) is 0 Å². The van der Waals surface area contributed by atoms with Crippen LogP contribution in [0.2, 0.25) is 0 Å². The third kappa shape index (κ3) is 4.11. The van der Waals surface area contributed by atoms with E-state index in [4.69, 9.17) is 16.3 Å². The minimum atomic E-state index is 0.362. The van der Waals surface area contributed by atoms with Crippen LogP contribution in [0.15, 0.2) is 22.7 Å². The van der Waals surface area contributed by atoms with Crippen LogP contribution in [0.5, 0.6) is 0 Å². The molecular weight excluding hydrogens is 326 g/mol. The lowest BCUT2D eigenvalue weighted by atomic mass is 10.1. The fraction of sp³-hybridized carbons (Fsp3) is 0.600. The first-order valence-electron chi connectivity index (χ1n) is 6.95. The highest BCUT2D eigenvalue weighted by Crippen LogP contribution is 2.29. The van der Waals surface area contributed by atoms with Crippen LogP contribution in [0, 0.1) is 0 Å². The zero-order valence-electron chi connectivity index (χ0n) is 11.4. The van der Waals surface area contributed by atoms with Crippen molar-refractivity contribution >= 4 is 33.2 Å². The Kier molecular flexibility index (Phi) is 5.99. The molecule has 2 nitrogen and oxygen atoms in total. The Labute approximate surface area is 129 Å². The number of ether oxygens (including phenoxy) is 1. The minimum absolute atomic E-state index is 0.362. The molecular formula is C15H21BrClNO. The molecule has 0 saturated carbocycles. The summed E-state index contributed by atoms with van der Waals surface area (Å²) in [5.74, 6) is 0.547. The Balaban J connectivity index is 2.08. The number of piperidine rings is 1. The van der Waals surface area contributed by atoms with E-state index in [1.54, 1.807) is 0 Å². The minimum Gasteiger partial charge on any atom is -0.376 e. The van der Waals surface area contributed by atoms with Crippen molar-refractivity contribution in [3.05, 3.63) is 28.2 Å². The first-order valence-corrected chi connectivity index (χ1v) is 8.28. The highest BCUT2D eigenvalue weighted by Gasteiger charge is 2.22. The van der Waals surface area contributed by atoms with Gasteiger partial charge in [0.1, 0.15) is 0 Å². The average Bonchev–Trinajstić information content (AvgIpc) is 2.45. The van der Waals surface area contributed by atoms with Gasteiger partial charge in [-0.15, -0.1) is 11.6 Å². The second kappa shape index (κ2) is 7.51. The summed E-state index contributed by atoms with van der Waals surface area (Å²) in [4.78, 5) is 2.41. The van der Waals surface area contributed by atoms with E-state index >= 15 is 0 Å². The van der Waals surface area contributed by atoms with Crippen molar-refractivity contribution in [1.29, 1.82) is 0 Å². The third-order valence-corrected chi connectivity index (χ3v) is 4.24. The fourth-order valence-corrected chi connectivity index (χ4v) is 3.17. The smallest absolute Gasteiger partial charge is 0.0750 e. The Morgan fingerprint density at radius 1 is 1.47 bits per heavy atom. The van der Waals surface area contributed by atoms with E-state index in [-0.39, 0.29) is 0 Å². The standard InChI is InChI=1S/C15H21BrClNO/c1-2-8-19-14-4-3-7-18(11-14)15-6-5-13(16)9-12(15)10-17/h5-6,9,14H,2-4,7-8,10-11H2,1H3. The van der Waals surface area contributed by atoms with Gasteiger partial charge in [0.25, 0.3) is 0 Å². The van der Waals surface area contributed by atoms with Crippen molar-refractivity contribution in [2.45, 2.75) is 38.2 Å². The highest BCUT2D eigenvalue weighted by molar-refractivity contribution is 9.10. The Morgan fingerprint density at radius 3 is 3.05 bits per heavy atom. The number of rotatable bonds is 5. The molecule has 0 spiro atoms. The fourth-order valence-electron chi connectivity index (χ4n) is 2.55. The van der Waals surface area contributed by atoms with E-state index in [1.807, 2.05) is 0 Å². The Bertz CT molecular complexity index is 413. The lowest BCUT2D eigenvalue weighted by Crippen LogP contribution is -2.40. The number of halogens is 2. The third-order valence-electron chi connectivity index (χ3n) is 3.46. The first-order chi connectivity index (χ1) is 9.24. The first kappa shape index (κ1) is 15.1. The van der Waals surface area contributed by atoms with Crippen LogP contribution >= 0.6 is 27.5 Å². The molecule has 0 aromatic heterocycles. The van der Waals surface area contributed by atoms with E-state index in [9.17, 15) is 0 Å². The van der Waals surface area contributed by atoms with Gasteiger partial charge in [-0.3, -0.25) is 0 Å². The number of hydrogen-bond acceptors (Lipinski definition) is 2. The summed E-state index contributed by atoms with van der Waals surface area (Å²) in [5, 5.41) is 0. The molecule has 2 rings (SSSR count). The molecule has 1 aromatic carbocycles. The van der Waals surface area contributed by atoms with Crippen LogP contribution in [0.1, 0.15) is 31.7 Å². The van der Waals surface area contributed by atoms with E-state index in [0.29, 0.717) is 12.0 Å².